The Bertz CT molecular complexity index is 544. The van der Waals surface area contributed by atoms with E-state index in [2.05, 4.69) is 5.32 Å². The summed E-state index contributed by atoms with van der Waals surface area (Å²) in [4.78, 5) is 28.3. The molecule has 2 rings (SSSR count). The van der Waals surface area contributed by atoms with E-state index in [1.165, 1.54) is 0 Å². The third-order valence-electron chi connectivity index (χ3n) is 4.45. The number of amides is 2. The van der Waals surface area contributed by atoms with Crippen molar-refractivity contribution in [3.8, 4) is 0 Å². The Kier molecular flexibility index (Phi) is 6.75. The summed E-state index contributed by atoms with van der Waals surface area (Å²) in [6.07, 6.45) is 0. The lowest BCUT2D eigenvalue weighted by atomic mass is 10.1. The van der Waals surface area contributed by atoms with E-state index in [0.717, 1.165) is 5.56 Å². The molecule has 1 aromatic carbocycles. The number of ether oxygens (including phenoxy) is 1. The summed E-state index contributed by atoms with van der Waals surface area (Å²) in [6.45, 7) is 6.42. The summed E-state index contributed by atoms with van der Waals surface area (Å²) in [7, 11) is 1.80. The zero-order chi connectivity index (χ0) is 17.5. The quantitative estimate of drug-likeness (QED) is 0.845. The smallest absolute Gasteiger partial charge is 0.237 e. The van der Waals surface area contributed by atoms with E-state index in [4.69, 9.17) is 4.74 Å². The fraction of sp³-hybridized carbons (Fsp3) is 0.556. The molecule has 0 aliphatic carbocycles. The van der Waals surface area contributed by atoms with Crippen molar-refractivity contribution in [2.24, 2.45) is 0 Å². The van der Waals surface area contributed by atoms with E-state index in [0.29, 0.717) is 26.3 Å². The predicted molar refractivity (Wildman–Crippen MR) is 92.5 cm³/mol. The molecule has 0 bridgehead atoms. The molecule has 6 nitrogen and oxygen atoms in total. The first-order valence-corrected chi connectivity index (χ1v) is 8.40. The van der Waals surface area contributed by atoms with Gasteiger partial charge in [-0.15, -0.1) is 0 Å². The molecule has 0 radical (unpaired) electrons. The lowest BCUT2D eigenvalue weighted by molar-refractivity contribution is -0.137. The summed E-state index contributed by atoms with van der Waals surface area (Å²) in [6, 6.07) is 9.39. The number of nitrogens with zero attached hydrogens (tertiary/aromatic N) is 2. The second-order valence-corrected chi connectivity index (χ2v) is 6.23. The van der Waals surface area contributed by atoms with E-state index >= 15 is 0 Å². The largest absolute Gasteiger partial charge is 0.378 e. The van der Waals surface area contributed by atoms with Crippen molar-refractivity contribution in [1.29, 1.82) is 0 Å². The SMILES string of the molecule is C[C@H](NC(=O)[C@H](C)N(C)CC(=O)N1CCOCC1)c1ccccc1. The first kappa shape index (κ1) is 18.4. The van der Waals surface area contributed by atoms with Gasteiger partial charge in [-0.1, -0.05) is 30.3 Å². The zero-order valence-electron chi connectivity index (χ0n) is 14.7. The van der Waals surface area contributed by atoms with Gasteiger partial charge in [-0.2, -0.15) is 0 Å². The van der Waals surface area contributed by atoms with Crippen LogP contribution >= 0.6 is 0 Å². The maximum atomic E-state index is 12.4. The molecule has 1 N–H and O–H groups in total. The Morgan fingerprint density at radius 1 is 1.21 bits per heavy atom. The Labute approximate surface area is 143 Å². The number of carbonyl (C=O) groups is 2. The zero-order valence-corrected chi connectivity index (χ0v) is 14.7. The van der Waals surface area contributed by atoms with Crippen LogP contribution < -0.4 is 5.32 Å². The van der Waals surface area contributed by atoms with Crippen molar-refractivity contribution in [2.45, 2.75) is 25.9 Å². The van der Waals surface area contributed by atoms with Gasteiger partial charge in [0.05, 0.1) is 31.8 Å². The number of nitrogens with one attached hydrogen (secondary N) is 1. The van der Waals surface area contributed by atoms with Gasteiger partial charge in [0.15, 0.2) is 0 Å². The third-order valence-corrected chi connectivity index (χ3v) is 4.45. The minimum atomic E-state index is -0.374. The molecular weight excluding hydrogens is 306 g/mol. The fourth-order valence-electron chi connectivity index (χ4n) is 2.62. The van der Waals surface area contributed by atoms with Crippen molar-refractivity contribution in [3.05, 3.63) is 35.9 Å². The molecule has 0 spiro atoms. The Balaban J connectivity index is 1.84. The number of hydrogen-bond donors (Lipinski definition) is 1. The second-order valence-electron chi connectivity index (χ2n) is 6.23. The molecule has 1 aromatic rings. The van der Waals surface area contributed by atoms with Gasteiger partial charge >= 0.3 is 0 Å². The standard InChI is InChI=1S/C18H27N3O3/c1-14(16-7-5-4-6-8-16)19-18(23)15(2)20(3)13-17(22)21-9-11-24-12-10-21/h4-8,14-15H,9-13H2,1-3H3,(H,19,23)/t14-,15-/m0/s1. The number of likely N-dealkylation sites (N-methyl/N-ethyl adjacent to an activating group) is 1. The summed E-state index contributed by atoms with van der Waals surface area (Å²) >= 11 is 0. The molecule has 24 heavy (non-hydrogen) atoms. The molecule has 0 saturated carbocycles. The fourth-order valence-corrected chi connectivity index (χ4v) is 2.62. The summed E-state index contributed by atoms with van der Waals surface area (Å²) in [5, 5.41) is 3.00. The molecule has 1 heterocycles. The highest BCUT2D eigenvalue weighted by Gasteiger charge is 2.24. The van der Waals surface area contributed by atoms with Crippen molar-refractivity contribution < 1.29 is 14.3 Å². The molecule has 1 saturated heterocycles. The van der Waals surface area contributed by atoms with E-state index in [9.17, 15) is 9.59 Å². The van der Waals surface area contributed by atoms with E-state index in [-0.39, 0.29) is 30.4 Å². The third kappa shape index (κ3) is 5.04. The summed E-state index contributed by atoms with van der Waals surface area (Å²) in [5.41, 5.74) is 1.06. The minimum Gasteiger partial charge on any atom is -0.378 e. The molecular formula is C18H27N3O3. The molecule has 0 aromatic heterocycles. The first-order chi connectivity index (χ1) is 11.5. The van der Waals surface area contributed by atoms with Crippen LogP contribution in [0.3, 0.4) is 0 Å². The van der Waals surface area contributed by atoms with Gasteiger partial charge in [0.25, 0.3) is 0 Å². The van der Waals surface area contributed by atoms with E-state index in [1.807, 2.05) is 44.2 Å². The summed E-state index contributed by atoms with van der Waals surface area (Å²) in [5.74, 6) is -0.0415. The van der Waals surface area contributed by atoms with Gasteiger partial charge in [0.1, 0.15) is 0 Å². The number of carbonyl (C=O) groups excluding carboxylic acids is 2. The number of morpholine rings is 1. The van der Waals surface area contributed by atoms with Crippen LogP contribution in [0.15, 0.2) is 30.3 Å². The maximum absolute atomic E-state index is 12.4. The Morgan fingerprint density at radius 2 is 1.83 bits per heavy atom. The molecule has 132 valence electrons. The van der Waals surface area contributed by atoms with Crippen molar-refractivity contribution >= 4 is 11.8 Å². The van der Waals surface area contributed by atoms with Crippen LogP contribution in [0.1, 0.15) is 25.5 Å². The van der Waals surface area contributed by atoms with Gasteiger partial charge < -0.3 is 15.0 Å². The van der Waals surface area contributed by atoms with Crippen LogP contribution in [0.4, 0.5) is 0 Å². The molecule has 2 amide bonds. The molecule has 6 heteroatoms. The number of rotatable bonds is 6. The van der Waals surface area contributed by atoms with Crippen LogP contribution in [-0.4, -0.2) is 67.6 Å². The number of hydrogen-bond acceptors (Lipinski definition) is 4. The van der Waals surface area contributed by atoms with Gasteiger partial charge in [-0.3, -0.25) is 14.5 Å². The normalized spacial score (nSPS) is 17.4. The topological polar surface area (TPSA) is 61.9 Å². The van der Waals surface area contributed by atoms with Gasteiger partial charge in [0, 0.05) is 13.1 Å². The Hall–Kier alpha value is -1.92. The minimum absolute atomic E-state index is 0.0385. The van der Waals surface area contributed by atoms with Gasteiger partial charge in [-0.05, 0) is 26.5 Å². The van der Waals surface area contributed by atoms with Crippen LogP contribution in [0, 0.1) is 0 Å². The van der Waals surface area contributed by atoms with Crippen molar-refractivity contribution in [3.63, 3.8) is 0 Å². The van der Waals surface area contributed by atoms with Crippen LogP contribution in [0.5, 0.6) is 0 Å². The van der Waals surface area contributed by atoms with Crippen molar-refractivity contribution in [2.75, 3.05) is 39.9 Å². The maximum Gasteiger partial charge on any atom is 0.237 e. The number of benzene rings is 1. The molecule has 1 fully saturated rings. The monoisotopic (exact) mass is 333 g/mol. The lowest BCUT2D eigenvalue weighted by Crippen LogP contribution is -2.50. The first-order valence-electron chi connectivity index (χ1n) is 8.40. The van der Waals surface area contributed by atoms with E-state index in [1.54, 1.807) is 16.8 Å². The molecule has 1 aliphatic heterocycles. The van der Waals surface area contributed by atoms with Gasteiger partial charge in [0.2, 0.25) is 11.8 Å². The lowest BCUT2D eigenvalue weighted by Gasteiger charge is -2.30. The molecule has 0 unspecified atom stereocenters. The van der Waals surface area contributed by atoms with E-state index < -0.39 is 0 Å². The van der Waals surface area contributed by atoms with Crippen LogP contribution in [-0.2, 0) is 14.3 Å². The van der Waals surface area contributed by atoms with Crippen molar-refractivity contribution in [1.82, 2.24) is 15.1 Å². The average molecular weight is 333 g/mol. The van der Waals surface area contributed by atoms with Crippen LogP contribution in [0.2, 0.25) is 0 Å². The molecule has 2 atom stereocenters. The Morgan fingerprint density at radius 3 is 2.46 bits per heavy atom. The highest BCUT2D eigenvalue weighted by molar-refractivity contribution is 5.83. The highest BCUT2D eigenvalue weighted by atomic mass is 16.5. The highest BCUT2D eigenvalue weighted by Crippen LogP contribution is 2.12. The predicted octanol–water partition coefficient (Wildman–Crippen LogP) is 1.04. The van der Waals surface area contributed by atoms with Crippen LogP contribution in [0.25, 0.3) is 0 Å². The summed E-state index contributed by atoms with van der Waals surface area (Å²) < 4.78 is 5.25. The molecule has 1 aliphatic rings. The van der Waals surface area contributed by atoms with Gasteiger partial charge in [-0.25, -0.2) is 0 Å². The second kappa shape index (κ2) is 8.80. The average Bonchev–Trinajstić information content (AvgIpc) is 2.62.